The van der Waals surface area contributed by atoms with Gasteiger partial charge < -0.3 is 4.74 Å². The zero-order chi connectivity index (χ0) is 8.97. The summed E-state index contributed by atoms with van der Waals surface area (Å²) in [5.41, 5.74) is 0. The Morgan fingerprint density at radius 3 is 2.75 bits per heavy atom. The molecule has 0 N–H and O–H groups in total. The van der Waals surface area contributed by atoms with Crippen LogP contribution < -0.4 is 4.74 Å². The first-order valence-electron chi connectivity index (χ1n) is 3.38. The normalized spacial score (nSPS) is 9.92. The Morgan fingerprint density at radius 1 is 1.33 bits per heavy atom. The number of hydrogen-bond donors (Lipinski definition) is 0. The van der Waals surface area contributed by atoms with Gasteiger partial charge in [0, 0.05) is 4.43 Å². The zero-order valence-corrected chi connectivity index (χ0v) is 8.35. The van der Waals surface area contributed by atoms with E-state index < -0.39 is 11.6 Å². The summed E-state index contributed by atoms with van der Waals surface area (Å²) in [4.78, 5) is 0. The molecule has 0 saturated heterocycles. The molecule has 0 unspecified atom stereocenters. The van der Waals surface area contributed by atoms with Crippen molar-refractivity contribution in [2.75, 3.05) is 11.0 Å². The maximum absolute atomic E-state index is 12.8. The molecule has 0 aliphatic carbocycles. The second-order valence-electron chi connectivity index (χ2n) is 2.09. The van der Waals surface area contributed by atoms with Crippen LogP contribution in [0.3, 0.4) is 0 Å². The third-order valence-electron chi connectivity index (χ3n) is 1.25. The van der Waals surface area contributed by atoms with Gasteiger partial charge in [0.25, 0.3) is 0 Å². The molecule has 66 valence electrons. The minimum atomic E-state index is -0.914. The molecule has 0 aliphatic heterocycles. The minimum absolute atomic E-state index is 0.0216. The van der Waals surface area contributed by atoms with E-state index in [0.717, 1.165) is 10.5 Å². The van der Waals surface area contributed by atoms with Crippen molar-refractivity contribution in [1.29, 1.82) is 0 Å². The van der Waals surface area contributed by atoms with Crippen molar-refractivity contribution in [3.05, 3.63) is 29.8 Å². The Balaban J connectivity index is 2.78. The predicted molar refractivity (Wildman–Crippen MR) is 50.7 cm³/mol. The van der Waals surface area contributed by atoms with Crippen molar-refractivity contribution in [3.63, 3.8) is 0 Å². The molecule has 12 heavy (non-hydrogen) atoms. The molecule has 0 aromatic heterocycles. The van der Waals surface area contributed by atoms with E-state index >= 15 is 0 Å². The summed E-state index contributed by atoms with van der Waals surface area (Å²) in [6.45, 7) is 0.390. The second-order valence-corrected chi connectivity index (χ2v) is 3.17. The van der Waals surface area contributed by atoms with E-state index in [-0.39, 0.29) is 5.75 Å². The summed E-state index contributed by atoms with van der Waals surface area (Å²) >= 11 is 2.09. The van der Waals surface area contributed by atoms with Crippen LogP contribution in [-0.4, -0.2) is 11.0 Å². The first-order chi connectivity index (χ1) is 5.75. The van der Waals surface area contributed by atoms with Crippen LogP contribution in [0.1, 0.15) is 0 Å². The van der Waals surface area contributed by atoms with Gasteiger partial charge in [0.05, 0.1) is 6.61 Å². The van der Waals surface area contributed by atoms with E-state index in [1.807, 2.05) is 0 Å². The molecule has 0 atom stereocenters. The van der Waals surface area contributed by atoms with Gasteiger partial charge in [-0.25, -0.2) is 4.39 Å². The number of ether oxygens (including phenoxy) is 1. The second kappa shape index (κ2) is 4.59. The minimum Gasteiger partial charge on any atom is -0.490 e. The lowest BCUT2D eigenvalue weighted by Gasteiger charge is -2.04. The standard InChI is InChI=1S/C8H7F2IO/c9-6-2-1-3-7(8(6)10)12-5-4-11/h1-3H,4-5H2. The van der Waals surface area contributed by atoms with Crippen molar-refractivity contribution in [3.8, 4) is 5.75 Å². The van der Waals surface area contributed by atoms with Gasteiger partial charge in [0.15, 0.2) is 11.6 Å². The summed E-state index contributed by atoms with van der Waals surface area (Å²) in [6.07, 6.45) is 0. The lowest BCUT2D eigenvalue weighted by molar-refractivity contribution is 0.319. The van der Waals surface area contributed by atoms with Crippen LogP contribution in [0, 0.1) is 11.6 Å². The molecule has 0 amide bonds. The number of benzene rings is 1. The lowest BCUT2D eigenvalue weighted by Crippen LogP contribution is -2.00. The Labute approximate surface area is 82.9 Å². The molecular weight excluding hydrogens is 277 g/mol. The van der Waals surface area contributed by atoms with Gasteiger partial charge in [0.2, 0.25) is 5.82 Å². The van der Waals surface area contributed by atoms with Crippen LogP contribution in [0.25, 0.3) is 0 Å². The monoisotopic (exact) mass is 284 g/mol. The summed E-state index contributed by atoms with van der Waals surface area (Å²) in [6, 6.07) is 3.89. The van der Waals surface area contributed by atoms with Gasteiger partial charge in [-0.05, 0) is 12.1 Å². The molecule has 1 aromatic rings. The summed E-state index contributed by atoms with van der Waals surface area (Å²) in [7, 11) is 0. The number of halogens is 3. The van der Waals surface area contributed by atoms with Crippen LogP contribution in [-0.2, 0) is 0 Å². The first-order valence-corrected chi connectivity index (χ1v) is 4.91. The molecule has 1 nitrogen and oxygen atoms in total. The Bertz CT molecular complexity index is 265. The fraction of sp³-hybridized carbons (Fsp3) is 0.250. The zero-order valence-electron chi connectivity index (χ0n) is 6.19. The van der Waals surface area contributed by atoms with Crippen LogP contribution >= 0.6 is 22.6 Å². The predicted octanol–water partition coefficient (Wildman–Crippen LogP) is 2.78. The Kier molecular flexibility index (Phi) is 3.71. The molecule has 1 aromatic carbocycles. The molecule has 0 heterocycles. The largest absolute Gasteiger partial charge is 0.490 e. The smallest absolute Gasteiger partial charge is 0.200 e. The van der Waals surface area contributed by atoms with E-state index in [0.29, 0.717) is 6.61 Å². The average molecular weight is 284 g/mol. The molecule has 0 radical (unpaired) electrons. The van der Waals surface area contributed by atoms with Crippen LogP contribution in [0.4, 0.5) is 8.78 Å². The van der Waals surface area contributed by atoms with E-state index in [2.05, 4.69) is 22.6 Å². The number of alkyl halides is 1. The fourth-order valence-corrected chi connectivity index (χ4v) is 0.964. The first kappa shape index (κ1) is 9.70. The van der Waals surface area contributed by atoms with E-state index in [1.54, 1.807) is 0 Å². The Hall–Kier alpha value is -0.390. The molecule has 0 aliphatic rings. The van der Waals surface area contributed by atoms with Gasteiger partial charge in [0.1, 0.15) is 0 Å². The molecule has 4 heteroatoms. The summed E-state index contributed by atoms with van der Waals surface area (Å²) in [5.74, 6) is -1.81. The lowest BCUT2D eigenvalue weighted by atomic mass is 10.3. The van der Waals surface area contributed by atoms with Crippen molar-refractivity contribution >= 4 is 22.6 Å². The van der Waals surface area contributed by atoms with E-state index in [1.165, 1.54) is 12.1 Å². The third-order valence-corrected chi connectivity index (χ3v) is 1.69. The molecular formula is C8H7F2IO. The van der Waals surface area contributed by atoms with E-state index in [4.69, 9.17) is 4.74 Å². The average Bonchev–Trinajstić information content (AvgIpc) is 2.08. The van der Waals surface area contributed by atoms with Crippen molar-refractivity contribution < 1.29 is 13.5 Å². The topological polar surface area (TPSA) is 9.23 Å². The molecule has 1 rings (SSSR count). The third kappa shape index (κ3) is 2.30. The SMILES string of the molecule is Fc1cccc(OCCI)c1F. The van der Waals surface area contributed by atoms with Gasteiger partial charge in [-0.2, -0.15) is 4.39 Å². The van der Waals surface area contributed by atoms with Gasteiger partial charge >= 0.3 is 0 Å². The summed E-state index contributed by atoms with van der Waals surface area (Å²) in [5, 5.41) is 0. The van der Waals surface area contributed by atoms with Crippen LogP contribution in [0.2, 0.25) is 0 Å². The van der Waals surface area contributed by atoms with Crippen molar-refractivity contribution in [2.45, 2.75) is 0 Å². The highest BCUT2D eigenvalue weighted by Crippen LogP contribution is 2.18. The fourth-order valence-electron chi connectivity index (χ4n) is 0.744. The molecule has 0 fully saturated rings. The number of rotatable bonds is 3. The highest BCUT2D eigenvalue weighted by atomic mass is 127. The van der Waals surface area contributed by atoms with Crippen LogP contribution in [0.15, 0.2) is 18.2 Å². The van der Waals surface area contributed by atoms with E-state index in [9.17, 15) is 8.78 Å². The molecule has 0 bridgehead atoms. The number of hydrogen-bond acceptors (Lipinski definition) is 1. The van der Waals surface area contributed by atoms with Gasteiger partial charge in [-0.1, -0.05) is 28.7 Å². The van der Waals surface area contributed by atoms with Crippen LogP contribution in [0.5, 0.6) is 5.75 Å². The van der Waals surface area contributed by atoms with Crippen molar-refractivity contribution in [1.82, 2.24) is 0 Å². The van der Waals surface area contributed by atoms with Gasteiger partial charge in [-0.15, -0.1) is 0 Å². The maximum atomic E-state index is 12.8. The highest BCUT2D eigenvalue weighted by molar-refractivity contribution is 14.1. The molecule has 0 saturated carbocycles. The molecule has 0 spiro atoms. The maximum Gasteiger partial charge on any atom is 0.200 e. The quantitative estimate of drug-likeness (QED) is 0.612. The van der Waals surface area contributed by atoms with Crippen molar-refractivity contribution in [2.24, 2.45) is 0 Å². The Morgan fingerprint density at radius 2 is 2.08 bits per heavy atom. The van der Waals surface area contributed by atoms with Gasteiger partial charge in [-0.3, -0.25) is 0 Å². The highest BCUT2D eigenvalue weighted by Gasteiger charge is 2.07. The summed E-state index contributed by atoms with van der Waals surface area (Å²) < 4.78 is 31.1.